The van der Waals surface area contributed by atoms with Crippen LogP contribution in [0.4, 0.5) is 0 Å². The Morgan fingerprint density at radius 1 is 0.784 bits per heavy atom. The monoisotopic (exact) mass is 520 g/mol. The van der Waals surface area contributed by atoms with Crippen molar-refractivity contribution in [1.29, 1.82) is 0 Å². The van der Waals surface area contributed by atoms with Crippen LogP contribution in [0, 0.1) is 16.7 Å². The smallest absolute Gasteiger partial charge is 0.462 e. The molecular weight excluding hydrogens is 483 g/mol. The molecule has 1 saturated carbocycles. The molecule has 0 aromatic heterocycles. The average Bonchev–Trinajstić information content (AvgIpc) is 3.46. The summed E-state index contributed by atoms with van der Waals surface area (Å²) in [4.78, 5) is 51.7. The lowest BCUT2D eigenvalue weighted by molar-refractivity contribution is -0.170. The Morgan fingerprint density at radius 2 is 1.22 bits per heavy atom. The highest BCUT2D eigenvalue weighted by molar-refractivity contribution is 6.46. The van der Waals surface area contributed by atoms with Gasteiger partial charge in [0.25, 0.3) is 0 Å². The average molecular weight is 520 g/mol. The maximum Gasteiger partial charge on any atom is 0.462 e. The molecule has 2 fully saturated rings. The van der Waals surface area contributed by atoms with E-state index in [0.717, 1.165) is 5.57 Å². The molecule has 0 radical (unpaired) electrons. The highest BCUT2D eigenvalue weighted by Gasteiger charge is 2.61. The minimum Gasteiger partial charge on any atom is -0.468 e. The number of esters is 4. The van der Waals surface area contributed by atoms with E-state index in [2.05, 4.69) is 6.58 Å². The van der Waals surface area contributed by atoms with Gasteiger partial charge in [0.2, 0.25) is 0 Å². The summed E-state index contributed by atoms with van der Waals surface area (Å²) in [5, 5.41) is 0. The summed E-state index contributed by atoms with van der Waals surface area (Å²) in [6.07, 6.45) is 0.340. The quantitative estimate of drug-likeness (QED) is 0.163. The van der Waals surface area contributed by atoms with Gasteiger partial charge in [-0.2, -0.15) is 0 Å². The Bertz CT molecular complexity index is 992. The summed E-state index contributed by atoms with van der Waals surface area (Å²) in [6.45, 7) is 11.9. The Kier molecular flexibility index (Phi) is 7.74. The first-order valence-corrected chi connectivity index (χ1v) is 12.2. The molecule has 0 N–H and O–H groups in total. The van der Waals surface area contributed by atoms with Crippen LogP contribution in [0.3, 0.4) is 0 Å². The van der Waals surface area contributed by atoms with Crippen LogP contribution in [0.15, 0.2) is 23.3 Å². The highest BCUT2D eigenvalue weighted by atomic mass is 16.7. The third-order valence-electron chi connectivity index (χ3n) is 8.48. The molecule has 37 heavy (non-hydrogen) atoms. The standard InChI is InChI=1S/C26H37BO10/c1-15-10-25(19(28)32-6,20(29)33-7)12-17(15)18-13-26(21(30)34-8,22(31)35-9)11-16(18)14-27-36-23(2,3)24(4,5)37-27/h17H,1,10-14H2,2-9H3/t17-/m0/s1. The van der Waals surface area contributed by atoms with E-state index in [1.165, 1.54) is 28.4 Å². The second-order valence-corrected chi connectivity index (χ2v) is 11.1. The van der Waals surface area contributed by atoms with Crippen molar-refractivity contribution in [3.63, 3.8) is 0 Å². The maximum atomic E-state index is 13.0. The van der Waals surface area contributed by atoms with Crippen molar-refractivity contribution in [3.05, 3.63) is 23.3 Å². The first-order valence-electron chi connectivity index (χ1n) is 12.2. The molecule has 2 aliphatic carbocycles. The number of ether oxygens (including phenoxy) is 4. The predicted octanol–water partition coefficient (Wildman–Crippen LogP) is 2.80. The largest absolute Gasteiger partial charge is 0.468 e. The van der Waals surface area contributed by atoms with Crippen LogP contribution in [-0.2, 0) is 47.4 Å². The van der Waals surface area contributed by atoms with Crippen LogP contribution < -0.4 is 0 Å². The summed E-state index contributed by atoms with van der Waals surface area (Å²) in [7, 11) is 4.21. The maximum absolute atomic E-state index is 13.0. The molecule has 3 rings (SSSR count). The number of allylic oxidation sites excluding steroid dienone is 3. The summed E-state index contributed by atoms with van der Waals surface area (Å²) >= 11 is 0. The van der Waals surface area contributed by atoms with Crippen molar-refractivity contribution in [2.75, 3.05) is 28.4 Å². The molecule has 204 valence electrons. The van der Waals surface area contributed by atoms with Gasteiger partial charge in [-0.15, -0.1) is 0 Å². The van der Waals surface area contributed by atoms with Gasteiger partial charge < -0.3 is 28.3 Å². The molecule has 1 heterocycles. The molecule has 0 unspecified atom stereocenters. The van der Waals surface area contributed by atoms with Gasteiger partial charge in [-0.1, -0.05) is 23.3 Å². The molecule has 11 heteroatoms. The van der Waals surface area contributed by atoms with E-state index < -0.39 is 58.9 Å². The van der Waals surface area contributed by atoms with Crippen LogP contribution in [0.1, 0.15) is 53.4 Å². The first kappa shape index (κ1) is 28.9. The summed E-state index contributed by atoms with van der Waals surface area (Å²) in [6, 6.07) is 0. The fourth-order valence-electron chi connectivity index (χ4n) is 5.81. The van der Waals surface area contributed by atoms with Crippen LogP contribution in [0.2, 0.25) is 6.32 Å². The third kappa shape index (κ3) is 4.61. The Balaban J connectivity index is 2.08. The van der Waals surface area contributed by atoms with E-state index in [9.17, 15) is 19.2 Å². The lowest BCUT2D eigenvalue weighted by Crippen LogP contribution is -2.41. The first-order chi connectivity index (χ1) is 17.1. The SMILES string of the molecule is C=C1CC(C(=O)OC)(C(=O)OC)C[C@@H]1C1=C(CB2OC(C)(C)C(C)(C)O2)CC(C(=O)OC)(C(=O)OC)C1. The Morgan fingerprint density at radius 3 is 1.65 bits per heavy atom. The van der Waals surface area contributed by atoms with Crippen molar-refractivity contribution in [1.82, 2.24) is 0 Å². The third-order valence-corrected chi connectivity index (χ3v) is 8.48. The molecule has 0 spiro atoms. The molecular formula is C26H37BO10. The van der Waals surface area contributed by atoms with Gasteiger partial charge in [0.1, 0.15) is 0 Å². The van der Waals surface area contributed by atoms with Gasteiger partial charge in [0.05, 0.1) is 39.6 Å². The van der Waals surface area contributed by atoms with Gasteiger partial charge in [-0.25, -0.2) is 0 Å². The number of hydrogen-bond acceptors (Lipinski definition) is 10. The molecule has 1 aliphatic heterocycles. The van der Waals surface area contributed by atoms with E-state index >= 15 is 0 Å². The van der Waals surface area contributed by atoms with Crippen LogP contribution in [-0.4, -0.2) is 70.6 Å². The van der Waals surface area contributed by atoms with E-state index in [-0.39, 0.29) is 32.0 Å². The summed E-state index contributed by atoms with van der Waals surface area (Å²) in [5.41, 5.74) is -2.30. The molecule has 1 saturated heterocycles. The van der Waals surface area contributed by atoms with Crippen molar-refractivity contribution in [2.45, 2.75) is 70.9 Å². The summed E-state index contributed by atoms with van der Waals surface area (Å²) < 4.78 is 32.4. The van der Waals surface area contributed by atoms with Gasteiger partial charge >= 0.3 is 31.0 Å². The number of carbonyl (C=O) groups excluding carboxylic acids is 4. The zero-order valence-electron chi connectivity index (χ0n) is 23.0. The molecule has 0 aromatic carbocycles. The molecule has 10 nitrogen and oxygen atoms in total. The molecule has 1 atom stereocenters. The minimum atomic E-state index is -1.61. The zero-order valence-corrected chi connectivity index (χ0v) is 23.0. The number of methoxy groups -OCH3 is 4. The van der Waals surface area contributed by atoms with Gasteiger partial charge in [0, 0.05) is 12.2 Å². The fourth-order valence-corrected chi connectivity index (χ4v) is 5.81. The highest BCUT2D eigenvalue weighted by Crippen LogP contribution is 2.57. The number of carbonyl (C=O) groups is 4. The number of hydrogen-bond donors (Lipinski definition) is 0. The molecule has 0 amide bonds. The van der Waals surface area contributed by atoms with Gasteiger partial charge in [0.15, 0.2) is 10.8 Å². The number of rotatable bonds is 7. The second-order valence-electron chi connectivity index (χ2n) is 11.1. The van der Waals surface area contributed by atoms with Crippen LogP contribution >= 0.6 is 0 Å². The van der Waals surface area contributed by atoms with Crippen molar-refractivity contribution in [2.24, 2.45) is 16.7 Å². The zero-order chi connectivity index (χ0) is 28.0. The van der Waals surface area contributed by atoms with Gasteiger partial charge in [-0.05, 0) is 53.4 Å². The Labute approximate surface area is 218 Å². The van der Waals surface area contributed by atoms with Crippen molar-refractivity contribution in [3.8, 4) is 0 Å². The molecule has 0 aromatic rings. The van der Waals surface area contributed by atoms with E-state index in [1.54, 1.807) is 0 Å². The second kappa shape index (κ2) is 9.91. The lowest BCUT2D eigenvalue weighted by atomic mass is 9.76. The fraction of sp³-hybridized carbons (Fsp3) is 0.692. The van der Waals surface area contributed by atoms with Crippen LogP contribution in [0.25, 0.3) is 0 Å². The van der Waals surface area contributed by atoms with E-state index in [0.29, 0.717) is 11.1 Å². The minimum absolute atomic E-state index is 0.0106. The van der Waals surface area contributed by atoms with Crippen molar-refractivity contribution < 1.29 is 47.4 Å². The Hall–Kier alpha value is -2.66. The lowest BCUT2D eigenvalue weighted by Gasteiger charge is -2.32. The van der Waals surface area contributed by atoms with Crippen LogP contribution in [0.5, 0.6) is 0 Å². The molecule has 0 bridgehead atoms. The van der Waals surface area contributed by atoms with Gasteiger partial charge in [-0.3, -0.25) is 19.2 Å². The molecule has 3 aliphatic rings. The predicted molar refractivity (Wildman–Crippen MR) is 132 cm³/mol. The van der Waals surface area contributed by atoms with E-state index in [1.807, 2.05) is 27.7 Å². The topological polar surface area (TPSA) is 124 Å². The normalized spacial score (nSPS) is 25.1. The van der Waals surface area contributed by atoms with Crippen molar-refractivity contribution >= 4 is 31.0 Å². The van der Waals surface area contributed by atoms with E-state index in [4.69, 9.17) is 28.3 Å². The summed E-state index contributed by atoms with van der Waals surface area (Å²) in [5.74, 6) is -3.39.